The van der Waals surface area contributed by atoms with Gasteiger partial charge in [0.25, 0.3) is 0 Å². The average Bonchev–Trinajstić information content (AvgIpc) is 2.47. The highest BCUT2D eigenvalue weighted by Gasteiger charge is 2.09. The molecule has 0 aliphatic rings. The van der Waals surface area contributed by atoms with Crippen molar-refractivity contribution in [2.45, 2.75) is 25.7 Å². The van der Waals surface area contributed by atoms with Gasteiger partial charge in [0.15, 0.2) is 16.1 Å². The summed E-state index contributed by atoms with van der Waals surface area (Å²) in [5.74, 6) is -0.368. The number of hydrogen-bond donors (Lipinski definition) is 2. The lowest BCUT2D eigenvalue weighted by Gasteiger charge is -2.17. The van der Waals surface area contributed by atoms with E-state index in [0.29, 0.717) is 12.2 Å². The van der Waals surface area contributed by atoms with Crippen LogP contribution in [0, 0.1) is 0 Å². The molecule has 0 unspecified atom stereocenters. The summed E-state index contributed by atoms with van der Waals surface area (Å²) in [6.45, 7) is 5.90. The van der Waals surface area contributed by atoms with E-state index in [1.54, 1.807) is 6.92 Å². The zero-order valence-corrected chi connectivity index (χ0v) is 14.0. The van der Waals surface area contributed by atoms with Gasteiger partial charge in [0, 0.05) is 5.57 Å². The van der Waals surface area contributed by atoms with E-state index in [2.05, 4.69) is 6.58 Å². The van der Waals surface area contributed by atoms with E-state index in [4.69, 9.17) is 28.8 Å². The maximum absolute atomic E-state index is 11.1. The zero-order valence-electron chi connectivity index (χ0n) is 12.6. The van der Waals surface area contributed by atoms with Crippen LogP contribution in [0.15, 0.2) is 12.2 Å². The van der Waals surface area contributed by atoms with Crippen LogP contribution in [0.2, 0.25) is 6.04 Å². The predicted octanol–water partition coefficient (Wildman–Crippen LogP) is -0.642. The van der Waals surface area contributed by atoms with E-state index in [-0.39, 0.29) is 39.0 Å². The van der Waals surface area contributed by atoms with Gasteiger partial charge in [-0.2, -0.15) is 0 Å². The molecule has 0 aromatic rings. The van der Waals surface area contributed by atoms with Gasteiger partial charge >= 0.3 is 5.97 Å². The average molecular weight is 322 g/mol. The van der Waals surface area contributed by atoms with Crippen molar-refractivity contribution in [2.75, 3.05) is 39.6 Å². The van der Waals surface area contributed by atoms with Crippen molar-refractivity contribution < 1.29 is 33.6 Å². The van der Waals surface area contributed by atoms with Gasteiger partial charge in [-0.1, -0.05) is 6.58 Å². The topological polar surface area (TPSA) is 94.5 Å². The van der Waals surface area contributed by atoms with Gasteiger partial charge in [-0.15, -0.1) is 0 Å². The van der Waals surface area contributed by atoms with Crippen molar-refractivity contribution in [1.29, 1.82) is 0 Å². The lowest BCUT2D eigenvalue weighted by Crippen LogP contribution is -2.27. The smallest absolute Gasteiger partial charge is 0.333 e. The van der Waals surface area contributed by atoms with Crippen LogP contribution < -0.4 is 0 Å². The van der Waals surface area contributed by atoms with Crippen LogP contribution in [0.5, 0.6) is 0 Å². The van der Waals surface area contributed by atoms with Crippen LogP contribution in [0.3, 0.4) is 0 Å². The summed E-state index contributed by atoms with van der Waals surface area (Å²) in [7, 11) is -0.741. The minimum atomic E-state index is -0.741. The standard InChI is InChI=1S/C13H26O7Si/c1-11(2)13(16)19-6-3-9-21-20-10-12(17-7-4-14)18-8-5-15/h12,14-15H,1,3-10,21H2,2H3. The minimum Gasteiger partial charge on any atom is -0.462 e. The molecule has 0 saturated heterocycles. The maximum atomic E-state index is 11.1. The van der Waals surface area contributed by atoms with E-state index in [1.807, 2.05) is 0 Å². The molecule has 0 aromatic carbocycles. The van der Waals surface area contributed by atoms with Crippen molar-refractivity contribution in [2.24, 2.45) is 0 Å². The molecule has 0 bridgehead atoms. The highest BCUT2D eigenvalue weighted by atomic mass is 28.2. The Balaban J connectivity index is 3.56. The van der Waals surface area contributed by atoms with Crippen molar-refractivity contribution in [3.63, 3.8) is 0 Å². The van der Waals surface area contributed by atoms with Crippen molar-refractivity contribution in [1.82, 2.24) is 0 Å². The summed E-state index contributed by atoms with van der Waals surface area (Å²) in [4.78, 5) is 11.1. The Hall–Kier alpha value is -0.773. The van der Waals surface area contributed by atoms with Crippen molar-refractivity contribution in [3.8, 4) is 0 Å². The molecule has 0 aliphatic heterocycles. The van der Waals surface area contributed by atoms with E-state index < -0.39 is 16.1 Å². The first-order valence-electron chi connectivity index (χ1n) is 6.97. The van der Waals surface area contributed by atoms with Crippen LogP contribution in [-0.4, -0.2) is 71.9 Å². The Morgan fingerprint density at radius 2 is 1.81 bits per heavy atom. The van der Waals surface area contributed by atoms with E-state index in [9.17, 15) is 4.79 Å². The van der Waals surface area contributed by atoms with Crippen molar-refractivity contribution >= 4 is 15.7 Å². The van der Waals surface area contributed by atoms with Gasteiger partial charge in [-0.3, -0.25) is 0 Å². The van der Waals surface area contributed by atoms with Crippen molar-refractivity contribution in [3.05, 3.63) is 12.2 Å². The van der Waals surface area contributed by atoms with Gasteiger partial charge < -0.3 is 28.8 Å². The number of aliphatic hydroxyl groups excluding tert-OH is 2. The summed E-state index contributed by atoms with van der Waals surface area (Å²) >= 11 is 0. The monoisotopic (exact) mass is 322 g/mol. The Kier molecular flexibility index (Phi) is 13.7. The first-order valence-corrected chi connectivity index (χ1v) is 8.54. The normalized spacial score (nSPS) is 11.4. The largest absolute Gasteiger partial charge is 0.462 e. The van der Waals surface area contributed by atoms with Crippen LogP contribution in [0.25, 0.3) is 0 Å². The zero-order chi connectivity index (χ0) is 15.9. The summed E-state index contributed by atoms with van der Waals surface area (Å²) < 4.78 is 20.9. The summed E-state index contributed by atoms with van der Waals surface area (Å²) in [6.07, 6.45) is 0.184. The van der Waals surface area contributed by atoms with Crippen LogP contribution in [-0.2, 0) is 23.4 Å². The molecule has 7 nitrogen and oxygen atoms in total. The number of aliphatic hydroxyl groups is 2. The number of rotatable bonds is 14. The van der Waals surface area contributed by atoms with Crippen LogP contribution in [0.1, 0.15) is 13.3 Å². The molecule has 0 aromatic heterocycles. The number of hydrogen-bond acceptors (Lipinski definition) is 7. The second-order valence-electron chi connectivity index (χ2n) is 4.32. The summed E-state index contributed by atoms with van der Waals surface area (Å²) in [5, 5.41) is 17.4. The molecular formula is C13H26O7Si. The van der Waals surface area contributed by atoms with E-state index in [1.165, 1.54) is 0 Å². The molecule has 124 valence electrons. The highest BCUT2D eigenvalue weighted by molar-refractivity contribution is 6.26. The molecule has 0 atom stereocenters. The molecular weight excluding hydrogens is 296 g/mol. The lowest BCUT2D eigenvalue weighted by molar-refractivity contribution is -0.166. The first kappa shape index (κ1) is 20.2. The predicted molar refractivity (Wildman–Crippen MR) is 79.6 cm³/mol. The molecule has 8 heteroatoms. The Labute approximate surface area is 127 Å². The fourth-order valence-corrected chi connectivity index (χ4v) is 2.26. The molecule has 21 heavy (non-hydrogen) atoms. The quantitative estimate of drug-likeness (QED) is 0.144. The SMILES string of the molecule is C=C(C)C(=O)OCCC[SiH2]OCC(OCCO)OCCO. The summed E-state index contributed by atoms with van der Waals surface area (Å²) in [5.41, 5.74) is 0.397. The number of carbonyl (C=O) groups is 1. The van der Waals surface area contributed by atoms with Gasteiger partial charge in [-0.25, -0.2) is 4.79 Å². The molecule has 0 radical (unpaired) electrons. The number of carbonyl (C=O) groups excluding carboxylic acids is 1. The Bertz CT molecular complexity index is 278. The van der Waals surface area contributed by atoms with Gasteiger partial charge in [-0.05, 0) is 19.4 Å². The third-order valence-corrected chi connectivity index (χ3v) is 3.62. The van der Waals surface area contributed by atoms with E-state index >= 15 is 0 Å². The minimum absolute atomic E-state index is 0.0928. The first-order chi connectivity index (χ1) is 10.1. The third-order valence-electron chi connectivity index (χ3n) is 2.31. The fourth-order valence-electron chi connectivity index (χ4n) is 1.29. The summed E-state index contributed by atoms with van der Waals surface area (Å²) in [6, 6.07) is 0.871. The Morgan fingerprint density at radius 1 is 1.19 bits per heavy atom. The highest BCUT2D eigenvalue weighted by Crippen LogP contribution is 1.99. The molecule has 0 fully saturated rings. The Morgan fingerprint density at radius 3 is 2.33 bits per heavy atom. The second kappa shape index (κ2) is 14.2. The van der Waals surface area contributed by atoms with Gasteiger partial charge in [0.05, 0.1) is 39.6 Å². The van der Waals surface area contributed by atoms with Crippen LogP contribution >= 0.6 is 0 Å². The van der Waals surface area contributed by atoms with Gasteiger partial charge in [0.1, 0.15) is 0 Å². The maximum Gasteiger partial charge on any atom is 0.333 e. The number of esters is 1. The molecule has 0 spiro atoms. The van der Waals surface area contributed by atoms with E-state index in [0.717, 1.165) is 12.5 Å². The molecule has 0 heterocycles. The third kappa shape index (κ3) is 12.7. The fraction of sp³-hybridized carbons (Fsp3) is 0.769. The molecule has 0 amide bonds. The van der Waals surface area contributed by atoms with Crippen LogP contribution in [0.4, 0.5) is 0 Å². The van der Waals surface area contributed by atoms with Gasteiger partial charge in [0.2, 0.25) is 0 Å². The molecule has 0 aliphatic carbocycles. The lowest BCUT2D eigenvalue weighted by atomic mass is 10.4. The number of ether oxygens (including phenoxy) is 3. The molecule has 0 saturated carbocycles. The molecule has 2 N–H and O–H groups in total. The second-order valence-corrected chi connectivity index (χ2v) is 5.84. The molecule has 0 rings (SSSR count).